The van der Waals surface area contributed by atoms with Gasteiger partial charge in [-0.05, 0) is 59.5 Å². The van der Waals surface area contributed by atoms with Crippen molar-refractivity contribution >= 4 is 25.1 Å². The fraction of sp³-hybridized carbons (Fsp3) is 0.308. The predicted molar refractivity (Wildman–Crippen MR) is 131 cm³/mol. The molecule has 2 fully saturated rings. The van der Waals surface area contributed by atoms with Gasteiger partial charge in [0.1, 0.15) is 0 Å². The van der Waals surface area contributed by atoms with E-state index < -0.39 is 0 Å². The molecule has 1 aliphatic carbocycles. The van der Waals surface area contributed by atoms with Gasteiger partial charge in [0.25, 0.3) is 0 Å². The second-order valence-electron chi connectivity index (χ2n) is 6.42. The van der Waals surface area contributed by atoms with Crippen LogP contribution in [0, 0.1) is 127 Å². The van der Waals surface area contributed by atoms with Gasteiger partial charge in [-0.3, -0.25) is 0 Å². The molecule has 1 heterocycles. The van der Waals surface area contributed by atoms with Crippen LogP contribution in [0.25, 0.3) is 0 Å². The van der Waals surface area contributed by atoms with E-state index in [2.05, 4.69) is 115 Å². The second kappa shape index (κ2) is 119. The molecule has 250 valence electrons. The van der Waals surface area contributed by atoms with Crippen LogP contribution in [0.15, 0.2) is 0 Å². The number of hydrogen-bond donors (Lipinski definition) is 0. The molecular formula is C26H23FeIr4O11P3+2. The minimum absolute atomic E-state index is 0. The van der Waals surface area contributed by atoms with Gasteiger partial charge in [0, 0.05) is 91.2 Å². The third-order valence-electron chi connectivity index (χ3n) is 2.35. The first kappa shape index (κ1) is 103. The van der Waals surface area contributed by atoms with Crippen molar-refractivity contribution in [3.8, 4) is 0 Å². The average Bonchev–Trinajstić information content (AvgIpc) is 3.81. The van der Waals surface area contributed by atoms with Crippen LogP contribution in [0.1, 0.15) is 41.5 Å². The van der Waals surface area contributed by atoms with Gasteiger partial charge in [-0.2, -0.15) is 0 Å². The Morgan fingerprint density at radius 3 is 0.533 bits per heavy atom. The summed E-state index contributed by atoms with van der Waals surface area (Å²) in [5, 5.41) is 3.36. The minimum atomic E-state index is 0. The molecule has 11 nitrogen and oxygen atoms in total. The van der Waals surface area contributed by atoms with Crippen LogP contribution in [-0.4, -0.2) is 0 Å². The van der Waals surface area contributed by atoms with Crippen molar-refractivity contribution in [1.29, 1.82) is 0 Å². The molecule has 1 saturated heterocycles. The Morgan fingerprint density at radius 2 is 0.467 bits per heavy atom. The van der Waals surface area contributed by atoms with Gasteiger partial charge in [-0.15, -0.1) is 0 Å². The first-order valence-corrected chi connectivity index (χ1v) is 11.9. The quantitative estimate of drug-likeness (QED) is 0.111. The van der Waals surface area contributed by atoms with Gasteiger partial charge >= 0.3 is 141 Å². The summed E-state index contributed by atoms with van der Waals surface area (Å²) in [7, 11) is 4.59. The summed E-state index contributed by atoms with van der Waals surface area (Å²) < 4.78 is 82.5. The molecule has 45 heavy (non-hydrogen) atoms. The first-order valence-electron chi connectivity index (χ1n) is 8.51. The third kappa shape index (κ3) is 114. The third-order valence-corrected chi connectivity index (χ3v) is 9.58. The Labute approximate surface area is 339 Å². The number of rotatable bonds is 0. The molecule has 0 aromatic rings. The van der Waals surface area contributed by atoms with Gasteiger partial charge < -0.3 is 0 Å². The first-order chi connectivity index (χ1) is 19.2. The summed E-state index contributed by atoms with van der Waals surface area (Å²) in [6, 6.07) is 0. The largest absolute Gasteiger partial charge is 2.00 e. The van der Waals surface area contributed by atoms with E-state index in [0.717, 1.165) is 0 Å². The molecule has 0 aromatic heterocycles. The van der Waals surface area contributed by atoms with E-state index in [1.165, 1.54) is 25.1 Å². The van der Waals surface area contributed by atoms with E-state index in [9.17, 15) is 0 Å². The minimum Gasteiger partial charge on any atom is -0.0312 e. The Bertz CT molecular complexity index is 551. The van der Waals surface area contributed by atoms with Crippen molar-refractivity contribution in [2.75, 3.05) is 0 Å². The van der Waals surface area contributed by atoms with Crippen LogP contribution in [0.4, 0.5) is 0 Å². The van der Waals surface area contributed by atoms with E-state index in [1.807, 2.05) is 32.1 Å². The molecule has 2 aliphatic rings. The zero-order chi connectivity index (χ0) is 35.8. The second-order valence-corrected chi connectivity index (χ2v) is 10.7. The predicted octanol–water partition coefficient (Wildman–Crippen LogP) is 6.42. The van der Waals surface area contributed by atoms with Gasteiger partial charge in [0.15, 0.2) is 0 Å². The zero-order valence-electron chi connectivity index (χ0n) is 23.9. The fourth-order valence-electron chi connectivity index (χ4n) is 1.20. The SMILES string of the molecule is CC(C)(C)[C]1[P][P][C](C(C)(C)C)[P]1.[C-]#[O+].[C-]#[O+].[C-]#[O+].[C-]#[O+].[C-]#[O+].[C-]#[O+].[C-]#[O+].[C-]#[O+].[C-]#[O+].[C-]#[O+].[C-]#[O+].[CH]1[CH][CH][CH][CH]1.[Fe+2].[Ir].[Ir].[Ir].[Ir]. The zero-order valence-corrected chi connectivity index (χ0v) is 37.3. The summed E-state index contributed by atoms with van der Waals surface area (Å²) in [5.74, 6) is 0. The molecule has 0 N–H and O–H groups in total. The van der Waals surface area contributed by atoms with Crippen molar-refractivity contribution in [2.24, 2.45) is 10.8 Å². The molecule has 0 spiro atoms. The maximum atomic E-state index is 7.50. The Morgan fingerprint density at radius 1 is 0.356 bits per heavy atom. The van der Waals surface area contributed by atoms with E-state index in [-0.39, 0.29) is 97.5 Å². The van der Waals surface area contributed by atoms with Crippen molar-refractivity contribution < 1.29 is 149 Å². The molecule has 0 atom stereocenters. The summed E-state index contributed by atoms with van der Waals surface area (Å²) in [6.07, 6.45) is 10.0. The van der Waals surface area contributed by atoms with E-state index in [1.54, 1.807) is 10.8 Å². The Kier molecular flexibility index (Phi) is 274. The summed E-state index contributed by atoms with van der Waals surface area (Å²) >= 11 is 0. The van der Waals surface area contributed by atoms with E-state index in [4.69, 9.17) is 51.2 Å². The normalized spacial score (nSPS) is 11.3. The van der Waals surface area contributed by atoms with Gasteiger partial charge in [-0.25, -0.2) is 0 Å². The van der Waals surface area contributed by atoms with Crippen LogP contribution >= 0.6 is 25.1 Å². The summed E-state index contributed by atoms with van der Waals surface area (Å²) in [5.41, 5.74) is 0.784. The van der Waals surface area contributed by atoms with Gasteiger partial charge in [-0.1, -0.05) is 50.1 Å². The molecule has 0 unspecified atom stereocenters. The van der Waals surface area contributed by atoms with Crippen molar-refractivity contribution in [1.82, 2.24) is 0 Å². The molecule has 0 amide bonds. The Hall–Kier alpha value is 1.55. The van der Waals surface area contributed by atoms with Crippen LogP contribution in [0.2, 0.25) is 0 Å². The van der Waals surface area contributed by atoms with Crippen molar-refractivity contribution in [2.45, 2.75) is 41.5 Å². The van der Waals surface area contributed by atoms with Crippen molar-refractivity contribution in [3.05, 3.63) is 116 Å². The van der Waals surface area contributed by atoms with Gasteiger partial charge in [0.05, 0.1) is 0 Å². The van der Waals surface area contributed by atoms with Crippen LogP contribution in [-0.2, 0) is 149 Å². The topological polar surface area (TPSA) is 219 Å². The maximum absolute atomic E-state index is 7.50. The molecule has 0 aromatic carbocycles. The van der Waals surface area contributed by atoms with Crippen molar-refractivity contribution in [3.63, 3.8) is 0 Å². The van der Waals surface area contributed by atoms with E-state index >= 15 is 0 Å². The molecular weight excluding hydrogens is 1410 g/mol. The van der Waals surface area contributed by atoms with Crippen LogP contribution in [0.5, 0.6) is 0 Å². The maximum Gasteiger partial charge on any atom is 2.00 e. The van der Waals surface area contributed by atoms with Crippen LogP contribution < -0.4 is 0 Å². The summed E-state index contributed by atoms with van der Waals surface area (Å²) in [6.45, 7) is 63.4. The molecule has 2 rings (SSSR count). The average molecular weight is 1430 g/mol. The van der Waals surface area contributed by atoms with Gasteiger partial charge in [0.2, 0.25) is 0 Å². The smallest absolute Gasteiger partial charge is 0.0312 e. The molecule has 1 saturated carbocycles. The van der Waals surface area contributed by atoms with E-state index in [0.29, 0.717) is 10.8 Å². The molecule has 0 bridgehead atoms. The number of hydrogen-bond acceptors (Lipinski definition) is 0. The molecule has 19 heteroatoms. The fourth-order valence-corrected chi connectivity index (χ4v) is 8.03. The van der Waals surface area contributed by atoms with Crippen LogP contribution in [0.3, 0.4) is 0 Å². The molecule has 1 aliphatic heterocycles. The summed E-state index contributed by atoms with van der Waals surface area (Å²) in [4.78, 5) is 0. The standard InChI is InChI=1S/C10H18P3.C5H5.11CO.Fe.4Ir/c1-9(2,3)7-11-8(13-12-7)10(4,5)6;1-2-4-5-3-1;11*1-2;;;;;/h1-6H3;1-5H;;;;;;;;;;;;;;;;/q;;;;;;;;;;;;;+2;;;;. The molecule has 14 radical (unpaired) electrons. The monoisotopic (exact) mass is 1430 g/mol. The Balaban J connectivity index is -0.0000000163.